The fraction of sp³-hybridized carbons (Fsp3) is 0.381. The van der Waals surface area contributed by atoms with Crippen molar-refractivity contribution in [1.29, 1.82) is 0 Å². The molecule has 0 spiro atoms. The Kier molecular flexibility index (Phi) is 5.45. The molecular weight excluding hydrogens is 367 g/mol. The number of carbonyl (C=O) groups excluding carboxylic acids is 1. The van der Waals surface area contributed by atoms with Gasteiger partial charge in [0.15, 0.2) is 11.6 Å². The van der Waals surface area contributed by atoms with Gasteiger partial charge in [0.05, 0.1) is 17.3 Å². The third kappa shape index (κ3) is 3.94. The van der Waals surface area contributed by atoms with Crippen molar-refractivity contribution in [2.75, 3.05) is 19.0 Å². The number of fused-ring (bicyclic) bond motifs is 1. The predicted octanol–water partition coefficient (Wildman–Crippen LogP) is 4.90. The van der Waals surface area contributed by atoms with E-state index >= 15 is 0 Å². The van der Waals surface area contributed by atoms with Crippen molar-refractivity contribution < 1.29 is 13.9 Å². The molecule has 0 aliphatic carbocycles. The van der Waals surface area contributed by atoms with Crippen molar-refractivity contribution in [2.45, 2.75) is 39.3 Å². The fourth-order valence-corrected chi connectivity index (χ4v) is 3.55. The molecule has 0 atom stereocenters. The lowest BCUT2D eigenvalue weighted by Gasteiger charge is -2.41. The number of hydrogen-bond acceptors (Lipinski definition) is 3. The summed E-state index contributed by atoms with van der Waals surface area (Å²) >= 11 is 6.58. The highest BCUT2D eigenvalue weighted by molar-refractivity contribution is 6.34. The first-order chi connectivity index (χ1) is 12.7. The average Bonchev–Trinajstić information content (AvgIpc) is 2.61. The van der Waals surface area contributed by atoms with Crippen LogP contribution in [0.1, 0.15) is 42.3 Å². The minimum absolute atomic E-state index is 0.0565. The molecule has 1 N–H and O–H groups in total. The Hall–Kier alpha value is -2.11. The van der Waals surface area contributed by atoms with E-state index in [9.17, 15) is 9.18 Å². The van der Waals surface area contributed by atoms with E-state index in [0.717, 1.165) is 12.0 Å². The van der Waals surface area contributed by atoms with Crippen LogP contribution in [0.25, 0.3) is 0 Å². The smallest absolute Gasteiger partial charge is 0.255 e. The van der Waals surface area contributed by atoms with E-state index in [1.54, 1.807) is 6.92 Å². The molecule has 0 aromatic heterocycles. The van der Waals surface area contributed by atoms with Crippen molar-refractivity contribution in [1.82, 2.24) is 4.90 Å². The fourth-order valence-electron chi connectivity index (χ4n) is 3.26. The van der Waals surface area contributed by atoms with Gasteiger partial charge < -0.3 is 10.1 Å². The van der Waals surface area contributed by atoms with Crippen molar-refractivity contribution in [3.05, 3.63) is 57.9 Å². The van der Waals surface area contributed by atoms with Crippen LogP contribution in [0, 0.1) is 5.82 Å². The van der Waals surface area contributed by atoms with Crippen LogP contribution in [0.5, 0.6) is 5.75 Å². The van der Waals surface area contributed by atoms with E-state index in [1.165, 1.54) is 23.8 Å². The van der Waals surface area contributed by atoms with Crippen LogP contribution < -0.4 is 10.1 Å². The molecule has 1 aliphatic heterocycles. The number of amides is 1. The quantitative estimate of drug-likeness (QED) is 0.807. The van der Waals surface area contributed by atoms with Crippen LogP contribution in [0.15, 0.2) is 30.3 Å². The van der Waals surface area contributed by atoms with E-state index in [1.807, 2.05) is 12.1 Å². The van der Waals surface area contributed by atoms with Crippen LogP contribution in [0.4, 0.5) is 10.1 Å². The molecule has 2 aromatic carbocycles. The molecule has 0 saturated carbocycles. The van der Waals surface area contributed by atoms with Gasteiger partial charge in [0.2, 0.25) is 0 Å². The van der Waals surface area contributed by atoms with Gasteiger partial charge >= 0.3 is 0 Å². The molecule has 0 radical (unpaired) electrons. The Labute approximate surface area is 164 Å². The minimum atomic E-state index is -0.565. The Bertz CT molecular complexity index is 883. The van der Waals surface area contributed by atoms with E-state index in [0.29, 0.717) is 23.9 Å². The predicted molar refractivity (Wildman–Crippen MR) is 106 cm³/mol. The van der Waals surface area contributed by atoms with Crippen LogP contribution in [-0.4, -0.2) is 30.0 Å². The Morgan fingerprint density at radius 1 is 1.33 bits per heavy atom. The molecule has 0 saturated heterocycles. The lowest BCUT2D eigenvalue weighted by atomic mass is 9.86. The maximum atomic E-state index is 14.0. The second kappa shape index (κ2) is 7.49. The first-order valence-electron chi connectivity index (χ1n) is 8.98. The number of halogens is 2. The maximum Gasteiger partial charge on any atom is 0.255 e. The first-order valence-corrected chi connectivity index (χ1v) is 9.36. The van der Waals surface area contributed by atoms with Crippen LogP contribution in [-0.2, 0) is 13.0 Å². The zero-order valence-electron chi connectivity index (χ0n) is 16.0. The summed E-state index contributed by atoms with van der Waals surface area (Å²) in [5.41, 5.74) is 3.01. The van der Waals surface area contributed by atoms with E-state index in [2.05, 4.69) is 31.1 Å². The molecule has 0 unspecified atom stereocenters. The number of rotatable bonds is 4. The minimum Gasteiger partial charge on any atom is -0.491 e. The number of nitrogens with zero attached hydrogens (tertiary/aromatic N) is 1. The Morgan fingerprint density at radius 3 is 2.74 bits per heavy atom. The molecule has 0 bridgehead atoms. The second-order valence-electron chi connectivity index (χ2n) is 7.44. The van der Waals surface area contributed by atoms with Crippen molar-refractivity contribution in [3.63, 3.8) is 0 Å². The summed E-state index contributed by atoms with van der Waals surface area (Å²) in [6.07, 6.45) is 0.886. The average molecular weight is 391 g/mol. The summed E-state index contributed by atoms with van der Waals surface area (Å²) < 4.78 is 19.2. The van der Waals surface area contributed by atoms with Crippen molar-refractivity contribution >= 4 is 23.2 Å². The summed E-state index contributed by atoms with van der Waals surface area (Å²) in [6, 6.07) is 7.98. The number of likely N-dealkylation sites (N-methyl/N-ethyl adjacent to an activating group) is 1. The molecule has 0 fully saturated rings. The van der Waals surface area contributed by atoms with Gasteiger partial charge in [-0.25, -0.2) is 4.39 Å². The third-order valence-electron chi connectivity index (χ3n) is 5.13. The summed E-state index contributed by atoms with van der Waals surface area (Å²) in [4.78, 5) is 14.8. The van der Waals surface area contributed by atoms with Crippen LogP contribution >= 0.6 is 11.6 Å². The third-order valence-corrected chi connectivity index (χ3v) is 5.57. The molecule has 1 aliphatic rings. The highest BCUT2D eigenvalue weighted by Gasteiger charge is 2.31. The van der Waals surface area contributed by atoms with Gasteiger partial charge in [0, 0.05) is 17.6 Å². The SMILES string of the molecule is CCOc1ccc(C(=O)Nc2ccc3c(c2Cl)CN(C)C(C)(C)C3)cc1F. The number of anilines is 1. The molecule has 1 amide bonds. The van der Waals surface area contributed by atoms with Gasteiger partial charge in [-0.05, 0) is 69.6 Å². The highest BCUT2D eigenvalue weighted by Crippen LogP contribution is 2.37. The topological polar surface area (TPSA) is 41.6 Å². The van der Waals surface area contributed by atoms with Gasteiger partial charge in [0.1, 0.15) is 0 Å². The summed E-state index contributed by atoms with van der Waals surface area (Å²) in [5.74, 6) is -0.847. The van der Waals surface area contributed by atoms with E-state index < -0.39 is 11.7 Å². The normalized spacial score (nSPS) is 15.9. The zero-order valence-corrected chi connectivity index (χ0v) is 16.8. The van der Waals surface area contributed by atoms with Crippen LogP contribution in [0.2, 0.25) is 5.02 Å². The lowest BCUT2D eigenvalue weighted by Crippen LogP contribution is -2.46. The summed E-state index contributed by atoms with van der Waals surface area (Å²) in [7, 11) is 2.06. The molecule has 3 rings (SSSR count). The zero-order chi connectivity index (χ0) is 19.8. The summed E-state index contributed by atoms with van der Waals surface area (Å²) in [5, 5.41) is 3.33. The highest BCUT2D eigenvalue weighted by atomic mass is 35.5. The van der Waals surface area contributed by atoms with Crippen molar-refractivity contribution in [3.8, 4) is 5.75 Å². The molecule has 2 aromatic rings. The number of carbonyl (C=O) groups is 1. The monoisotopic (exact) mass is 390 g/mol. The van der Waals surface area contributed by atoms with Gasteiger partial charge in [-0.2, -0.15) is 0 Å². The van der Waals surface area contributed by atoms with Gasteiger partial charge in [-0.15, -0.1) is 0 Å². The molecular formula is C21H24ClFN2O2. The summed E-state index contributed by atoms with van der Waals surface area (Å²) in [6.45, 7) is 7.23. The van der Waals surface area contributed by atoms with Gasteiger partial charge in [-0.1, -0.05) is 17.7 Å². The van der Waals surface area contributed by atoms with Gasteiger partial charge in [0.25, 0.3) is 5.91 Å². The molecule has 4 nitrogen and oxygen atoms in total. The number of ether oxygens (including phenoxy) is 1. The van der Waals surface area contributed by atoms with E-state index in [4.69, 9.17) is 16.3 Å². The molecule has 6 heteroatoms. The van der Waals surface area contributed by atoms with E-state index in [-0.39, 0.29) is 16.9 Å². The standard InChI is InChI=1S/C21H24ClFN2O2/c1-5-27-18-9-7-13(10-16(18)23)20(26)24-17-8-6-14-11-21(2,3)25(4)12-15(14)19(17)22/h6-10H,5,11-12H2,1-4H3,(H,24,26). The Morgan fingerprint density at radius 2 is 2.07 bits per heavy atom. The van der Waals surface area contributed by atoms with Crippen molar-refractivity contribution in [2.24, 2.45) is 0 Å². The Balaban J connectivity index is 1.83. The number of nitrogens with one attached hydrogen (secondary N) is 1. The number of hydrogen-bond donors (Lipinski definition) is 1. The molecule has 144 valence electrons. The maximum absolute atomic E-state index is 14.0. The largest absolute Gasteiger partial charge is 0.491 e. The molecule has 1 heterocycles. The lowest BCUT2D eigenvalue weighted by molar-refractivity contribution is 0.102. The first kappa shape index (κ1) is 19.6. The van der Waals surface area contributed by atoms with Gasteiger partial charge in [-0.3, -0.25) is 9.69 Å². The second-order valence-corrected chi connectivity index (χ2v) is 7.82. The number of benzene rings is 2. The molecule has 27 heavy (non-hydrogen) atoms. The van der Waals surface area contributed by atoms with Crippen LogP contribution in [0.3, 0.4) is 0 Å².